The van der Waals surface area contributed by atoms with Crippen LogP contribution in [0.4, 0.5) is 4.79 Å². The fourth-order valence-electron chi connectivity index (χ4n) is 3.55. The van der Waals surface area contributed by atoms with Gasteiger partial charge >= 0.3 is 6.09 Å². The first-order chi connectivity index (χ1) is 15.1. The van der Waals surface area contributed by atoms with Gasteiger partial charge in [-0.25, -0.2) is 14.8 Å². The van der Waals surface area contributed by atoms with Gasteiger partial charge in [0.1, 0.15) is 5.60 Å². The summed E-state index contributed by atoms with van der Waals surface area (Å²) in [6, 6.07) is 5.35. The monoisotopic (exact) mass is 442 g/mol. The van der Waals surface area contributed by atoms with Gasteiger partial charge in [0.2, 0.25) is 11.8 Å². The number of carbonyl (C=O) groups excluding carboxylic acids is 2. The second-order valence-corrected chi connectivity index (χ2v) is 8.70. The number of para-hydroxylation sites is 1. The highest BCUT2D eigenvalue weighted by Crippen LogP contribution is 2.25. The van der Waals surface area contributed by atoms with Gasteiger partial charge in [-0.15, -0.1) is 0 Å². The number of alkyl carbamates (subject to hydrolysis) is 1. The summed E-state index contributed by atoms with van der Waals surface area (Å²) in [7, 11) is 1.55. The number of nitrogens with two attached hydrogens (primary N) is 1. The summed E-state index contributed by atoms with van der Waals surface area (Å²) in [5.41, 5.74) is 7.14. The normalized spacial score (nSPS) is 21.4. The highest BCUT2D eigenvalue weighted by Gasteiger charge is 2.33. The van der Waals surface area contributed by atoms with E-state index < -0.39 is 23.7 Å². The summed E-state index contributed by atoms with van der Waals surface area (Å²) in [6.07, 6.45) is 5.37. The lowest BCUT2D eigenvalue weighted by molar-refractivity contribution is -0.124. The van der Waals surface area contributed by atoms with Crippen LogP contribution in [0.1, 0.15) is 45.6 Å². The van der Waals surface area contributed by atoms with Crippen molar-refractivity contribution >= 4 is 29.1 Å². The van der Waals surface area contributed by atoms with Gasteiger partial charge in [0, 0.05) is 5.56 Å². The number of benzene rings is 1. The van der Waals surface area contributed by atoms with E-state index in [1.165, 1.54) is 0 Å². The number of fused-ring (bicyclic) bond motifs is 1. The molecule has 0 saturated carbocycles. The quantitative estimate of drug-likeness (QED) is 0.704. The molecule has 9 heteroatoms. The van der Waals surface area contributed by atoms with Crippen molar-refractivity contribution in [2.45, 2.75) is 63.9 Å². The number of aromatic nitrogens is 2. The second-order valence-electron chi connectivity index (χ2n) is 8.70. The van der Waals surface area contributed by atoms with Crippen molar-refractivity contribution in [3.05, 3.63) is 36.0 Å². The van der Waals surface area contributed by atoms with Gasteiger partial charge in [0.05, 0.1) is 49.0 Å². The predicted molar refractivity (Wildman–Crippen MR) is 120 cm³/mol. The van der Waals surface area contributed by atoms with Crippen molar-refractivity contribution in [3.8, 4) is 5.88 Å². The van der Waals surface area contributed by atoms with Crippen molar-refractivity contribution in [2.24, 2.45) is 5.73 Å². The van der Waals surface area contributed by atoms with E-state index in [1.807, 2.05) is 30.4 Å². The number of rotatable bonds is 6. The molecule has 0 aliphatic carbocycles. The Morgan fingerprint density at radius 2 is 2.09 bits per heavy atom. The van der Waals surface area contributed by atoms with Crippen molar-refractivity contribution in [2.75, 3.05) is 7.11 Å². The number of hydrogen-bond donors (Lipinski definition) is 2. The van der Waals surface area contributed by atoms with E-state index >= 15 is 0 Å². The molecule has 1 saturated heterocycles. The zero-order chi connectivity index (χ0) is 23.3. The summed E-state index contributed by atoms with van der Waals surface area (Å²) >= 11 is 0. The fourth-order valence-corrected chi connectivity index (χ4v) is 3.55. The average Bonchev–Trinajstić information content (AvgIpc) is 2.71. The molecule has 0 unspecified atom stereocenters. The van der Waals surface area contributed by atoms with Crippen molar-refractivity contribution in [1.82, 2.24) is 15.3 Å². The maximum Gasteiger partial charge on any atom is 0.407 e. The molecule has 3 N–H and O–H groups in total. The number of amides is 2. The molecule has 2 amide bonds. The zero-order valence-electron chi connectivity index (χ0n) is 18.8. The van der Waals surface area contributed by atoms with E-state index in [-0.39, 0.29) is 18.6 Å². The Labute approximate surface area is 187 Å². The maximum atomic E-state index is 12.2. The third-order valence-corrected chi connectivity index (χ3v) is 4.95. The first-order valence-electron chi connectivity index (χ1n) is 10.6. The van der Waals surface area contributed by atoms with Crippen LogP contribution in [-0.2, 0) is 14.3 Å². The molecule has 1 aliphatic heterocycles. The van der Waals surface area contributed by atoms with Crippen LogP contribution in [0.25, 0.3) is 17.1 Å². The highest BCUT2D eigenvalue weighted by atomic mass is 16.6. The topological polar surface area (TPSA) is 126 Å². The summed E-state index contributed by atoms with van der Waals surface area (Å²) < 4.78 is 16.6. The largest absolute Gasteiger partial charge is 0.480 e. The van der Waals surface area contributed by atoms with E-state index in [0.29, 0.717) is 18.7 Å². The number of nitrogens with zero attached hydrogens (tertiary/aromatic N) is 2. The van der Waals surface area contributed by atoms with E-state index in [1.54, 1.807) is 34.1 Å². The Morgan fingerprint density at radius 3 is 2.78 bits per heavy atom. The number of hydrogen-bond acceptors (Lipinski definition) is 7. The molecule has 3 rings (SSSR count). The maximum absolute atomic E-state index is 12.2. The van der Waals surface area contributed by atoms with Crippen molar-refractivity contribution in [3.63, 3.8) is 0 Å². The molecule has 9 nitrogen and oxygen atoms in total. The molecule has 3 atom stereocenters. The zero-order valence-corrected chi connectivity index (χ0v) is 18.8. The lowest BCUT2D eigenvalue weighted by Crippen LogP contribution is -2.51. The molecule has 1 aromatic heterocycles. The molecule has 2 aromatic rings. The standard InChI is InChI=1S/C23H30N4O5/c1-23(2,3)32-22(29)26-16-11-10-15(31-18(16)12-19(24)28)9-8-14-6-5-7-17-21(14)27-20(30-4)13-25-17/h5-9,13,15-16,18H,10-12H2,1-4H3,(H2,24,28)(H,26,29)/t15-,16-,18-/m1/s1. The molecule has 0 bridgehead atoms. The Balaban J connectivity index is 1.72. The summed E-state index contributed by atoms with van der Waals surface area (Å²) in [5, 5.41) is 2.81. The van der Waals surface area contributed by atoms with Gasteiger partial charge in [0.15, 0.2) is 0 Å². The van der Waals surface area contributed by atoms with Gasteiger partial charge < -0.3 is 25.3 Å². The van der Waals surface area contributed by atoms with Crippen LogP contribution in [-0.4, -0.2) is 52.9 Å². The first-order valence-corrected chi connectivity index (χ1v) is 10.6. The van der Waals surface area contributed by atoms with Crippen LogP contribution in [0.2, 0.25) is 0 Å². The lowest BCUT2D eigenvalue weighted by Gasteiger charge is -2.36. The molecule has 1 fully saturated rings. The SMILES string of the molecule is COc1cnc2cccc(C=C[C@@H]3CC[C@@H](NC(=O)OC(C)(C)C)[C@@H](CC(N)=O)O3)c2n1. The molecule has 1 aliphatic rings. The molecular weight excluding hydrogens is 412 g/mol. The van der Waals surface area contributed by atoms with E-state index in [0.717, 1.165) is 16.6 Å². The Morgan fingerprint density at radius 1 is 1.31 bits per heavy atom. The molecular formula is C23H30N4O5. The van der Waals surface area contributed by atoms with Crippen LogP contribution < -0.4 is 15.8 Å². The third kappa shape index (κ3) is 6.40. The summed E-state index contributed by atoms with van der Waals surface area (Å²) in [4.78, 5) is 32.6. The number of carbonyl (C=O) groups is 2. The Kier molecular flexibility index (Phi) is 7.29. The van der Waals surface area contributed by atoms with E-state index in [4.69, 9.17) is 19.9 Å². The minimum atomic E-state index is -0.617. The Hall–Kier alpha value is -3.20. The molecule has 0 spiro atoms. The summed E-state index contributed by atoms with van der Waals surface area (Å²) in [5.74, 6) is -0.0584. The Bertz CT molecular complexity index is 1000. The minimum Gasteiger partial charge on any atom is -0.480 e. The highest BCUT2D eigenvalue weighted by molar-refractivity contribution is 5.84. The van der Waals surface area contributed by atoms with Crippen LogP contribution in [0, 0.1) is 0 Å². The smallest absolute Gasteiger partial charge is 0.407 e. The molecule has 0 radical (unpaired) electrons. The van der Waals surface area contributed by atoms with Crippen LogP contribution >= 0.6 is 0 Å². The van der Waals surface area contributed by atoms with E-state index in [9.17, 15) is 9.59 Å². The van der Waals surface area contributed by atoms with Gasteiger partial charge in [-0.05, 0) is 39.7 Å². The van der Waals surface area contributed by atoms with Gasteiger partial charge in [0.25, 0.3) is 0 Å². The fraction of sp³-hybridized carbons (Fsp3) is 0.478. The van der Waals surface area contributed by atoms with E-state index in [2.05, 4.69) is 15.3 Å². The molecule has 172 valence electrons. The minimum absolute atomic E-state index is 0.00173. The van der Waals surface area contributed by atoms with Crippen LogP contribution in [0.3, 0.4) is 0 Å². The number of primary amides is 1. The van der Waals surface area contributed by atoms with Crippen LogP contribution in [0.5, 0.6) is 5.88 Å². The average molecular weight is 443 g/mol. The lowest BCUT2D eigenvalue weighted by atomic mass is 9.95. The number of methoxy groups -OCH3 is 1. The summed E-state index contributed by atoms with van der Waals surface area (Å²) in [6.45, 7) is 5.37. The molecule has 32 heavy (non-hydrogen) atoms. The van der Waals surface area contributed by atoms with Gasteiger partial charge in [-0.2, -0.15) is 0 Å². The van der Waals surface area contributed by atoms with Gasteiger partial charge in [-0.3, -0.25) is 4.79 Å². The number of nitrogens with one attached hydrogen (secondary N) is 1. The van der Waals surface area contributed by atoms with Gasteiger partial charge in [-0.1, -0.05) is 24.3 Å². The predicted octanol–water partition coefficient (Wildman–Crippen LogP) is 2.97. The first kappa shape index (κ1) is 23.5. The van der Waals surface area contributed by atoms with Crippen molar-refractivity contribution in [1.29, 1.82) is 0 Å². The molecule has 1 aromatic carbocycles. The molecule has 2 heterocycles. The van der Waals surface area contributed by atoms with Crippen molar-refractivity contribution < 1.29 is 23.8 Å². The van der Waals surface area contributed by atoms with Crippen LogP contribution in [0.15, 0.2) is 30.5 Å². The second kappa shape index (κ2) is 9.95. The third-order valence-electron chi connectivity index (χ3n) is 4.95. The number of ether oxygens (including phenoxy) is 3.